The molecule has 1 rings (SSSR count). The number of aromatic nitrogens is 2. The highest BCUT2D eigenvalue weighted by atomic mass is 35.5. The van der Waals surface area contributed by atoms with Gasteiger partial charge >= 0.3 is 0 Å². The highest BCUT2D eigenvalue weighted by Gasteiger charge is 1.99. The Balaban J connectivity index is 0.000000810. The second kappa shape index (κ2) is 3.84. The highest BCUT2D eigenvalue weighted by molar-refractivity contribution is 6.16. The van der Waals surface area contributed by atoms with E-state index in [0.717, 1.165) is 17.2 Å². The molecular weight excluding hydrogens is 171 g/mol. The summed E-state index contributed by atoms with van der Waals surface area (Å²) < 4.78 is 0. The minimum Gasteiger partial charge on any atom is -0.346 e. The number of H-pyrrole nitrogens is 1. The maximum Gasteiger partial charge on any atom is 0.103 e. The average molecular weight is 181 g/mol. The van der Waals surface area contributed by atoms with Crippen molar-refractivity contribution in [3.05, 3.63) is 17.2 Å². The Hall–Kier alpha value is -0.210. The van der Waals surface area contributed by atoms with Crippen molar-refractivity contribution < 1.29 is 0 Å². The predicted octanol–water partition coefficient (Wildman–Crippen LogP) is 2.19. The number of rotatable bonds is 1. The van der Waals surface area contributed by atoms with Crippen LogP contribution in [0.2, 0.25) is 0 Å². The van der Waals surface area contributed by atoms with Crippen molar-refractivity contribution >= 4 is 24.0 Å². The molecule has 10 heavy (non-hydrogen) atoms. The lowest BCUT2D eigenvalue weighted by Gasteiger charge is -1.84. The van der Waals surface area contributed by atoms with Gasteiger partial charge in [-0.2, -0.15) is 0 Å². The predicted molar refractivity (Wildman–Crippen MR) is 44.9 cm³/mol. The molecule has 0 saturated carbocycles. The Morgan fingerprint density at radius 3 is 2.30 bits per heavy atom. The van der Waals surface area contributed by atoms with Crippen LogP contribution in [0.15, 0.2) is 0 Å². The highest BCUT2D eigenvalue weighted by Crippen LogP contribution is 2.05. The van der Waals surface area contributed by atoms with E-state index in [4.69, 9.17) is 11.6 Å². The first-order valence-corrected chi connectivity index (χ1v) is 3.35. The normalized spacial score (nSPS) is 9.10. The van der Waals surface area contributed by atoms with Crippen LogP contribution in [0.4, 0.5) is 0 Å². The number of aromatic amines is 1. The van der Waals surface area contributed by atoms with Crippen LogP contribution in [0.25, 0.3) is 0 Å². The van der Waals surface area contributed by atoms with Crippen LogP contribution in [0, 0.1) is 13.8 Å². The van der Waals surface area contributed by atoms with Crippen LogP contribution in [-0.2, 0) is 5.88 Å². The molecule has 0 radical (unpaired) electrons. The molecule has 0 spiro atoms. The summed E-state index contributed by atoms with van der Waals surface area (Å²) in [6, 6.07) is 0. The summed E-state index contributed by atoms with van der Waals surface area (Å²) in [5.41, 5.74) is 2.02. The van der Waals surface area contributed by atoms with Gasteiger partial charge in [-0.3, -0.25) is 0 Å². The fourth-order valence-corrected chi connectivity index (χ4v) is 1.05. The minimum atomic E-state index is 0. The molecule has 0 bridgehead atoms. The molecule has 0 unspecified atom stereocenters. The second-order valence-corrected chi connectivity index (χ2v) is 2.29. The Kier molecular flexibility index (Phi) is 3.76. The number of nitrogens with zero attached hydrogens (tertiary/aromatic N) is 1. The SMILES string of the molecule is Cc1nc(CCl)c(C)[nH]1.Cl. The number of hydrogen-bond donors (Lipinski definition) is 1. The average Bonchev–Trinajstić information content (AvgIpc) is 2.10. The van der Waals surface area contributed by atoms with Crippen LogP contribution < -0.4 is 0 Å². The maximum atomic E-state index is 5.56. The number of imidazole rings is 1. The van der Waals surface area contributed by atoms with Crippen molar-refractivity contribution in [3.63, 3.8) is 0 Å². The van der Waals surface area contributed by atoms with Gasteiger partial charge in [-0.15, -0.1) is 24.0 Å². The van der Waals surface area contributed by atoms with E-state index < -0.39 is 0 Å². The zero-order valence-corrected chi connectivity index (χ0v) is 7.51. The molecule has 58 valence electrons. The van der Waals surface area contributed by atoms with E-state index in [2.05, 4.69) is 9.97 Å². The molecular formula is C6H10Cl2N2. The zero-order chi connectivity index (χ0) is 6.85. The van der Waals surface area contributed by atoms with E-state index in [1.54, 1.807) is 0 Å². The van der Waals surface area contributed by atoms with Gasteiger partial charge in [-0.05, 0) is 13.8 Å². The monoisotopic (exact) mass is 180 g/mol. The molecule has 0 fully saturated rings. The lowest BCUT2D eigenvalue weighted by atomic mass is 10.4. The minimum absolute atomic E-state index is 0. The van der Waals surface area contributed by atoms with Crippen LogP contribution >= 0.6 is 24.0 Å². The molecule has 1 N–H and O–H groups in total. The first kappa shape index (κ1) is 9.79. The summed E-state index contributed by atoms with van der Waals surface area (Å²) in [7, 11) is 0. The fraction of sp³-hybridized carbons (Fsp3) is 0.500. The molecule has 1 aromatic heterocycles. The summed E-state index contributed by atoms with van der Waals surface area (Å²) in [5.74, 6) is 1.43. The van der Waals surface area contributed by atoms with Gasteiger partial charge in [0.2, 0.25) is 0 Å². The number of alkyl halides is 1. The lowest BCUT2D eigenvalue weighted by molar-refractivity contribution is 1.12. The summed E-state index contributed by atoms with van der Waals surface area (Å²) >= 11 is 5.56. The van der Waals surface area contributed by atoms with Crippen LogP contribution in [0.3, 0.4) is 0 Å². The molecule has 4 heteroatoms. The summed E-state index contributed by atoms with van der Waals surface area (Å²) in [6.07, 6.45) is 0. The van der Waals surface area contributed by atoms with Gasteiger partial charge in [0.1, 0.15) is 5.82 Å². The van der Waals surface area contributed by atoms with Gasteiger partial charge in [0.05, 0.1) is 11.6 Å². The first-order valence-electron chi connectivity index (χ1n) is 2.82. The Labute approximate surface area is 71.4 Å². The van der Waals surface area contributed by atoms with E-state index in [9.17, 15) is 0 Å². The van der Waals surface area contributed by atoms with Crippen molar-refractivity contribution in [1.29, 1.82) is 0 Å². The Bertz CT molecular complexity index is 208. The molecule has 0 aliphatic rings. The van der Waals surface area contributed by atoms with Gasteiger partial charge in [0.25, 0.3) is 0 Å². The van der Waals surface area contributed by atoms with E-state index in [0.29, 0.717) is 5.88 Å². The third-order valence-electron chi connectivity index (χ3n) is 1.23. The fourth-order valence-electron chi connectivity index (χ4n) is 0.788. The maximum absolute atomic E-state index is 5.56. The number of hydrogen-bond acceptors (Lipinski definition) is 1. The van der Waals surface area contributed by atoms with E-state index in [1.165, 1.54) is 0 Å². The lowest BCUT2D eigenvalue weighted by Crippen LogP contribution is -1.79. The van der Waals surface area contributed by atoms with Gasteiger partial charge < -0.3 is 4.98 Å². The van der Waals surface area contributed by atoms with Crippen molar-refractivity contribution in [2.45, 2.75) is 19.7 Å². The van der Waals surface area contributed by atoms with Gasteiger partial charge in [-0.25, -0.2) is 4.98 Å². The number of halogens is 2. The van der Waals surface area contributed by atoms with E-state index in [1.807, 2.05) is 13.8 Å². The van der Waals surface area contributed by atoms with Crippen LogP contribution in [-0.4, -0.2) is 9.97 Å². The third kappa shape index (κ3) is 1.89. The number of aryl methyl sites for hydroxylation is 2. The third-order valence-corrected chi connectivity index (χ3v) is 1.48. The topological polar surface area (TPSA) is 28.7 Å². The van der Waals surface area contributed by atoms with E-state index in [-0.39, 0.29) is 12.4 Å². The van der Waals surface area contributed by atoms with Crippen molar-refractivity contribution in [2.24, 2.45) is 0 Å². The second-order valence-electron chi connectivity index (χ2n) is 2.03. The largest absolute Gasteiger partial charge is 0.346 e. The molecule has 1 aromatic rings. The molecule has 0 aromatic carbocycles. The summed E-state index contributed by atoms with van der Waals surface area (Å²) in [6.45, 7) is 3.89. The Morgan fingerprint density at radius 1 is 1.50 bits per heavy atom. The molecule has 0 saturated heterocycles. The molecule has 0 atom stereocenters. The van der Waals surface area contributed by atoms with Gasteiger partial charge in [0.15, 0.2) is 0 Å². The molecule has 1 heterocycles. The van der Waals surface area contributed by atoms with E-state index >= 15 is 0 Å². The van der Waals surface area contributed by atoms with Crippen LogP contribution in [0.5, 0.6) is 0 Å². The summed E-state index contributed by atoms with van der Waals surface area (Å²) in [4.78, 5) is 7.20. The molecule has 0 aliphatic carbocycles. The Morgan fingerprint density at radius 2 is 2.10 bits per heavy atom. The van der Waals surface area contributed by atoms with Crippen molar-refractivity contribution in [1.82, 2.24) is 9.97 Å². The number of nitrogens with one attached hydrogen (secondary N) is 1. The van der Waals surface area contributed by atoms with Gasteiger partial charge in [-0.1, -0.05) is 0 Å². The van der Waals surface area contributed by atoms with Gasteiger partial charge in [0, 0.05) is 5.69 Å². The zero-order valence-electron chi connectivity index (χ0n) is 5.94. The van der Waals surface area contributed by atoms with Crippen molar-refractivity contribution in [3.8, 4) is 0 Å². The quantitative estimate of drug-likeness (QED) is 0.661. The standard InChI is InChI=1S/C6H9ClN2.ClH/c1-4-6(3-7)9-5(2)8-4;/h3H2,1-2H3,(H,8,9);1H. The smallest absolute Gasteiger partial charge is 0.103 e. The first-order chi connectivity index (χ1) is 4.24. The molecule has 0 amide bonds. The molecule has 2 nitrogen and oxygen atoms in total. The van der Waals surface area contributed by atoms with Crippen molar-refractivity contribution in [2.75, 3.05) is 0 Å². The van der Waals surface area contributed by atoms with Crippen LogP contribution in [0.1, 0.15) is 17.2 Å². The molecule has 0 aliphatic heterocycles. The summed E-state index contributed by atoms with van der Waals surface area (Å²) in [5, 5.41) is 0.